The fraction of sp³-hybridized carbons (Fsp3) is 0.200. The van der Waals surface area contributed by atoms with Gasteiger partial charge in [0.05, 0.1) is 6.21 Å². The molecule has 0 aromatic rings. The highest BCUT2D eigenvalue weighted by atomic mass is 35.5. The summed E-state index contributed by atoms with van der Waals surface area (Å²) in [5, 5.41) is 0. The van der Waals surface area contributed by atoms with Gasteiger partial charge >= 0.3 is 0 Å². The van der Waals surface area contributed by atoms with Gasteiger partial charge in [-0.15, -0.1) is 12.4 Å². The van der Waals surface area contributed by atoms with Crippen molar-refractivity contribution in [3.8, 4) is 0 Å². The quantitative estimate of drug-likeness (QED) is 0.482. The minimum atomic E-state index is 0. The molecule has 0 atom stereocenters. The summed E-state index contributed by atoms with van der Waals surface area (Å²) in [4.78, 5) is 13.9. The highest BCUT2D eigenvalue weighted by Gasteiger charge is 1.93. The van der Waals surface area contributed by atoms with Crippen molar-refractivity contribution in [2.24, 2.45) is 4.99 Å². The maximum absolute atomic E-state index is 10.3. The molecule has 0 unspecified atom stereocenters. The van der Waals surface area contributed by atoms with E-state index in [1.54, 1.807) is 12.3 Å². The standard InChI is InChI=1S/C5H5NO.ClH/c7-5-2-1-3-6-4-5;/h1,3-4H,2H2;1H. The van der Waals surface area contributed by atoms with Gasteiger partial charge in [-0.2, -0.15) is 0 Å². The lowest BCUT2D eigenvalue weighted by atomic mass is 10.3. The van der Waals surface area contributed by atoms with Crippen LogP contribution in [0.25, 0.3) is 0 Å². The smallest absolute Gasteiger partial charge is 0.177 e. The fourth-order valence-corrected chi connectivity index (χ4v) is 0.409. The van der Waals surface area contributed by atoms with Crippen LogP contribution in [0.4, 0.5) is 0 Å². The van der Waals surface area contributed by atoms with Gasteiger partial charge in [0.15, 0.2) is 5.78 Å². The van der Waals surface area contributed by atoms with Crippen LogP contribution in [0.5, 0.6) is 0 Å². The Balaban J connectivity index is 0.000000490. The first-order chi connectivity index (χ1) is 3.39. The SMILES string of the molecule is Cl.O=C1C=NC=CC1. The van der Waals surface area contributed by atoms with Gasteiger partial charge in [0.2, 0.25) is 0 Å². The highest BCUT2D eigenvalue weighted by molar-refractivity contribution is 6.28. The minimum absolute atomic E-state index is 0. The normalized spacial score (nSPS) is 15.8. The Morgan fingerprint density at radius 2 is 2.38 bits per heavy atom. The van der Waals surface area contributed by atoms with Gasteiger partial charge < -0.3 is 0 Å². The molecule has 44 valence electrons. The third-order valence-corrected chi connectivity index (χ3v) is 0.729. The largest absolute Gasteiger partial charge is 0.293 e. The molecule has 2 nitrogen and oxygen atoms in total. The van der Waals surface area contributed by atoms with E-state index in [2.05, 4.69) is 4.99 Å². The Morgan fingerprint density at radius 1 is 1.62 bits per heavy atom. The number of carbonyl (C=O) groups is 1. The zero-order valence-corrected chi connectivity index (χ0v) is 5.02. The van der Waals surface area contributed by atoms with E-state index in [1.165, 1.54) is 6.21 Å². The molecule has 3 heteroatoms. The predicted octanol–water partition coefficient (Wildman–Crippen LogP) is 0.966. The maximum atomic E-state index is 10.3. The number of hydrogen-bond donors (Lipinski definition) is 0. The van der Waals surface area contributed by atoms with E-state index in [0.717, 1.165) is 0 Å². The average molecular weight is 132 g/mol. The van der Waals surface area contributed by atoms with Crippen molar-refractivity contribution in [2.45, 2.75) is 6.42 Å². The minimum Gasteiger partial charge on any atom is -0.293 e. The van der Waals surface area contributed by atoms with E-state index in [9.17, 15) is 4.79 Å². The molecule has 0 bridgehead atoms. The number of ketones is 1. The molecule has 0 amide bonds. The van der Waals surface area contributed by atoms with Gasteiger partial charge in [-0.25, -0.2) is 0 Å². The predicted molar refractivity (Wildman–Crippen MR) is 34.5 cm³/mol. The van der Waals surface area contributed by atoms with Crippen molar-refractivity contribution >= 4 is 24.4 Å². The zero-order chi connectivity index (χ0) is 5.11. The number of carbonyl (C=O) groups excluding carboxylic acids is 1. The van der Waals surface area contributed by atoms with Crippen molar-refractivity contribution in [1.82, 2.24) is 0 Å². The fourth-order valence-electron chi connectivity index (χ4n) is 0.409. The van der Waals surface area contributed by atoms with Crippen LogP contribution in [0.2, 0.25) is 0 Å². The Bertz CT molecular complexity index is 139. The Labute approximate surface area is 53.7 Å². The lowest BCUT2D eigenvalue weighted by Crippen LogP contribution is -1.98. The van der Waals surface area contributed by atoms with Gasteiger partial charge in [0, 0.05) is 12.6 Å². The van der Waals surface area contributed by atoms with Crippen LogP contribution < -0.4 is 0 Å². The first-order valence-corrected chi connectivity index (χ1v) is 2.10. The van der Waals surface area contributed by atoms with Gasteiger partial charge in [0.1, 0.15) is 0 Å². The Hall–Kier alpha value is -0.630. The van der Waals surface area contributed by atoms with Gasteiger partial charge in [-0.05, 0) is 0 Å². The summed E-state index contributed by atoms with van der Waals surface area (Å²) in [7, 11) is 0. The molecule has 1 rings (SSSR count). The lowest BCUT2D eigenvalue weighted by Gasteiger charge is -1.88. The van der Waals surface area contributed by atoms with Gasteiger partial charge in [0.25, 0.3) is 0 Å². The van der Waals surface area contributed by atoms with E-state index in [1.807, 2.05) is 0 Å². The number of rotatable bonds is 0. The molecule has 0 spiro atoms. The second kappa shape index (κ2) is 3.38. The van der Waals surface area contributed by atoms with E-state index in [0.29, 0.717) is 6.42 Å². The molecule has 0 radical (unpaired) electrons. The number of allylic oxidation sites excluding steroid dienone is 1. The third kappa shape index (κ3) is 1.89. The van der Waals surface area contributed by atoms with Crippen molar-refractivity contribution in [3.63, 3.8) is 0 Å². The van der Waals surface area contributed by atoms with Crippen LogP contribution in [-0.2, 0) is 4.79 Å². The van der Waals surface area contributed by atoms with Crippen LogP contribution >= 0.6 is 12.4 Å². The van der Waals surface area contributed by atoms with Gasteiger partial charge in [-0.1, -0.05) is 6.08 Å². The molecule has 0 saturated heterocycles. The van der Waals surface area contributed by atoms with Crippen molar-refractivity contribution < 1.29 is 4.79 Å². The van der Waals surface area contributed by atoms with E-state index in [4.69, 9.17) is 0 Å². The topological polar surface area (TPSA) is 29.4 Å². The van der Waals surface area contributed by atoms with Crippen molar-refractivity contribution in [1.29, 1.82) is 0 Å². The van der Waals surface area contributed by atoms with Crippen LogP contribution in [0.1, 0.15) is 6.42 Å². The number of hydrogen-bond acceptors (Lipinski definition) is 2. The number of nitrogens with zero attached hydrogens (tertiary/aromatic N) is 1. The molecule has 1 heterocycles. The number of Topliss-reactive ketones (excluding diaryl/α,β-unsaturated/α-hetero) is 1. The van der Waals surface area contributed by atoms with Gasteiger partial charge in [-0.3, -0.25) is 9.79 Å². The first-order valence-electron chi connectivity index (χ1n) is 2.10. The zero-order valence-electron chi connectivity index (χ0n) is 4.20. The highest BCUT2D eigenvalue weighted by Crippen LogP contribution is 1.89. The van der Waals surface area contributed by atoms with Crippen LogP contribution in [0, 0.1) is 0 Å². The Morgan fingerprint density at radius 3 is 2.62 bits per heavy atom. The van der Waals surface area contributed by atoms with E-state index in [-0.39, 0.29) is 18.2 Å². The van der Waals surface area contributed by atoms with Crippen molar-refractivity contribution in [3.05, 3.63) is 12.3 Å². The molecule has 0 N–H and O–H groups in total. The molecule has 0 fully saturated rings. The Kier molecular flexibility index (Phi) is 3.12. The molecule has 0 aromatic heterocycles. The van der Waals surface area contributed by atoms with E-state index >= 15 is 0 Å². The van der Waals surface area contributed by atoms with Crippen LogP contribution in [-0.4, -0.2) is 12.0 Å². The monoisotopic (exact) mass is 131 g/mol. The summed E-state index contributed by atoms with van der Waals surface area (Å²) < 4.78 is 0. The summed E-state index contributed by atoms with van der Waals surface area (Å²) in [5.41, 5.74) is 0. The molecule has 1 aliphatic rings. The van der Waals surface area contributed by atoms with E-state index < -0.39 is 0 Å². The molecule has 8 heavy (non-hydrogen) atoms. The summed E-state index contributed by atoms with van der Waals surface area (Å²) in [5.74, 6) is 0.0856. The number of aliphatic imine (C=N–C) groups is 1. The summed E-state index contributed by atoms with van der Waals surface area (Å²) in [6.07, 6.45) is 5.22. The van der Waals surface area contributed by atoms with Crippen LogP contribution in [0.15, 0.2) is 17.3 Å². The summed E-state index contributed by atoms with van der Waals surface area (Å²) in [6.45, 7) is 0. The summed E-state index contributed by atoms with van der Waals surface area (Å²) in [6, 6.07) is 0. The molecule has 0 aliphatic carbocycles. The lowest BCUT2D eigenvalue weighted by molar-refractivity contribution is -0.111. The third-order valence-electron chi connectivity index (χ3n) is 0.729. The molecule has 1 aliphatic heterocycles. The summed E-state index contributed by atoms with van der Waals surface area (Å²) >= 11 is 0. The first kappa shape index (κ1) is 7.37. The molecule has 0 saturated carbocycles. The average Bonchev–Trinajstić information content (AvgIpc) is 1.69. The second-order valence-corrected chi connectivity index (χ2v) is 1.33. The van der Waals surface area contributed by atoms with Crippen LogP contribution in [0.3, 0.4) is 0 Å². The second-order valence-electron chi connectivity index (χ2n) is 1.33. The number of halogens is 1. The molecule has 0 aromatic carbocycles. The van der Waals surface area contributed by atoms with Crippen molar-refractivity contribution in [2.75, 3.05) is 0 Å². The molecular formula is C5H6ClNO. The molecular weight excluding hydrogens is 126 g/mol. The maximum Gasteiger partial charge on any atom is 0.177 e.